The highest BCUT2D eigenvalue weighted by molar-refractivity contribution is 6.01. The van der Waals surface area contributed by atoms with E-state index in [4.69, 9.17) is 14.2 Å². The van der Waals surface area contributed by atoms with E-state index in [1.54, 1.807) is 28.2 Å². The highest BCUT2D eigenvalue weighted by Crippen LogP contribution is 2.69. The predicted octanol–water partition coefficient (Wildman–Crippen LogP) is 4.54. The van der Waals surface area contributed by atoms with Gasteiger partial charge in [0, 0.05) is 61.1 Å². The lowest BCUT2D eigenvalue weighted by Crippen LogP contribution is -2.69. The number of rotatable bonds is 14. The Labute approximate surface area is 379 Å². The minimum absolute atomic E-state index is 0.00715. The number of aliphatic hydroxyl groups excluding tert-OH is 1. The molecule has 3 N–H and O–H groups in total. The molecule has 8 rings (SSSR count). The molecule has 2 unspecified atom stereocenters. The molecule has 1 saturated heterocycles. The number of methoxy groups -OCH3 is 1. The van der Waals surface area contributed by atoms with Crippen LogP contribution in [0.25, 0.3) is 10.9 Å². The van der Waals surface area contributed by atoms with Gasteiger partial charge in [0.05, 0.1) is 43.6 Å². The van der Waals surface area contributed by atoms with Gasteiger partial charge in [-0.15, -0.1) is 0 Å². The second-order valence-corrected chi connectivity index (χ2v) is 19.4. The lowest BCUT2D eigenvalue weighted by atomic mass is 9.44. The van der Waals surface area contributed by atoms with E-state index in [1.165, 1.54) is 31.5 Å². The highest BCUT2D eigenvalue weighted by Gasteiger charge is 2.74. The van der Waals surface area contributed by atoms with Gasteiger partial charge in [0.2, 0.25) is 17.1 Å². The van der Waals surface area contributed by atoms with Crippen LogP contribution in [0.2, 0.25) is 0 Å². The van der Waals surface area contributed by atoms with Gasteiger partial charge in [-0.2, -0.15) is 0 Å². The summed E-state index contributed by atoms with van der Waals surface area (Å²) in [5.74, 6) is -6.03. The van der Waals surface area contributed by atoms with Crippen LogP contribution in [0.4, 0.5) is 14.5 Å². The molecule has 66 heavy (non-hydrogen) atoms. The molecule has 2 heterocycles. The Bertz CT molecular complexity index is 2520. The van der Waals surface area contributed by atoms with Crippen molar-refractivity contribution in [3.05, 3.63) is 57.7 Å². The zero-order chi connectivity index (χ0) is 47.7. The summed E-state index contributed by atoms with van der Waals surface area (Å²) in [5, 5.41) is 32.9. The molecule has 1 aromatic carbocycles. The molecule has 16 nitrogen and oxygen atoms in total. The average Bonchev–Trinajstić information content (AvgIpc) is 4.08. The number of Topliss-reactive ketones (excluding diaryl/α,β-unsaturated/α-hetero) is 1. The summed E-state index contributed by atoms with van der Waals surface area (Å²) in [6.45, 7) is 4.98. The predicted molar refractivity (Wildman–Crippen MR) is 232 cm³/mol. The Morgan fingerprint density at radius 3 is 2.35 bits per heavy atom. The van der Waals surface area contributed by atoms with E-state index in [9.17, 15) is 48.9 Å². The van der Waals surface area contributed by atoms with Crippen LogP contribution in [0.3, 0.4) is 0 Å². The van der Waals surface area contributed by atoms with Crippen LogP contribution in [0.15, 0.2) is 40.9 Å². The van der Waals surface area contributed by atoms with Gasteiger partial charge >= 0.3 is 17.9 Å². The van der Waals surface area contributed by atoms with E-state index in [1.807, 2.05) is 6.92 Å². The van der Waals surface area contributed by atoms with Crippen molar-refractivity contribution in [3.63, 3.8) is 0 Å². The SMILES string of the molecule is COc1c(N2CCN(C(=O)CCCOC(=O)CCC(=O)OCC(=O)[C@@]3(O)CC[C@H]4C5CCC6=CC(=O)C=C[C@]6(C)[C@@]5(F)[C@@H](O)C[C@@]43C)C(C)C2)c(F)cc2c(=O)c(C(=O)O)cn(C3CC3)c12. The second-order valence-electron chi connectivity index (χ2n) is 19.4. The van der Waals surface area contributed by atoms with Crippen LogP contribution >= 0.6 is 0 Å². The number of piperazine rings is 1. The summed E-state index contributed by atoms with van der Waals surface area (Å²) in [4.78, 5) is 92.5. The fourth-order valence-corrected chi connectivity index (χ4v) is 12.1. The minimum Gasteiger partial charge on any atom is -0.492 e. The van der Waals surface area contributed by atoms with Gasteiger partial charge in [-0.25, -0.2) is 13.6 Å². The number of hydrogen-bond donors (Lipinski definition) is 3. The van der Waals surface area contributed by atoms with Gasteiger partial charge in [0.1, 0.15) is 16.9 Å². The molecule has 5 aliphatic carbocycles. The Kier molecular flexibility index (Phi) is 12.3. The third-order valence-corrected chi connectivity index (χ3v) is 15.8. The highest BCUT2D eigenvalue weighted by atomic mass is 19.1. The first kappa shape index (κ1) is 47.0. The molecule has 0 bridgehead atoms. The Morgan fingerprint density at radius 2 is 1.68 bits per heavy atom. The van der Waals surface area contributed by atoms with Gasteiger partial charge in [-0.1, -0.05) is 18.6 Å². The number of pyridine rings is 1. The number of carboxylic acids is 1. The molecule has 18 heteroatoms. The van der Waals surface area contributed by atoms with E-state index in [-0.39, 0.29) is 98.9 Å². The van der Waals surface area contributed by atoms with Gasteiger partial charge in [-0.3, -0.25) is 28.8 Å². The summed E-state index contributed by atoms with van der Waals surface area (Å²) < 4.78 is 51.0. The minimum atomic E-state index is -2.12. The number of amides is 1. The van der Waals surface area contributed by atoms with E-state index >= 15 is 8.78 Å². The zero-order valence-electron chi connectivity index (χ0n) is 37.6. The largest absolute Gasteiger partial charge is 0.492 e. The normalized spacial score (nSPS) is 31.4. The average molecular weight is 922 g/mol. The number of carbonyl (C=O) groups is 6. The first-order chi connectivity index (χ1) is 31.2. The number of aromatic carboxylic acids is 1. The summed E-state index contributed by atoms with van der Waals surface area (Å²) in [6.07, 6.45) is 5.89. The maximum absolute atomic E-state index is 17.4. The third kappa shape index (κ3) is 7.61. The number of ketones is 2. The number of halogens is 2. The third-order valence-electron chi connectivity index (χ3n) is 15.8. The molecule has 8 atom stereocenters. The number of fused-ring (bicyclic) bond motifs is 6. The molecule has 6 aliphatic rings. The number of hydrogen-bond acceptors (Lipinski definition) is 13. The van der Waals surface area contributed by atoms with E-state index in [0.29, 0.717) is 30.4 Å². The number of anilines is 1. The molecule has 1 aromatic heterocycles. The fraction of sp³-hybridized carbons (Fsp3) is 0.604. The molecule has 356 valence electrons. The van der Waals surface area contributed by atoms with Crippen LogP contribution in [-0.4, -0.2) is 124 Å². The zero-order valence-corrected chi connectivity index (χ0v) is 37.6. The number of ether oxygens (including phenoxy) is 3. The first-order valence-corrected chi connectivity index (χ1v) is 22.8. The van der Waals surface area contributed by atoms with Crippen molar-refractivity contribution >= 4 is 52.0 Å². The lowest BCUT2D eigenvalue weighted by Gasteiger charge is -2.62. The van der Waals surface area contributed by atoms with Crippen molar-refractivity contribution in [1.82, 2.24) is 9.47 Å². The molecule has 0 radical (unpaired) electrons. The van der Waals surface area contributed by atoms with Crippen LogP contribution < -0.4 is 15.1 Å². The van der Waals surface area contributed by atoms with Gasteiger partial charge in [0.15, 0.2) is 29.6 Å². The maximum Gasteiger partial charge on any atom is 0.341 e. The number of aliphatic hydroxyl groups is 2. The van der Waals surface area contributed by atoms with Crippen molar-refractivity contribution in [2.75, 3.05) is 44.9 Å². The topological polar surface area (TPSA) is 219 Å². The number of allylic oxidation sites excluding steroid dienone is 4. The van der Waals surface area contributed by atoms with Gasteiger partial charge < -0.3 is 43.9 Å². The molecular formula is C48H57F2N3O13. The van der Waals surface area contributed by atoms with Gasteiger partial charge in [-0.05, 0) is 89.4 Å². The van der Waals surface area contributed by atoms with Crippen molar-refractivity contribution in [2.24, 2.45) is 22.7 Å². The number of aromatic nitrogens is 1. The molecule has 1 aliphatic heterocycles. The number of benzene rings is 1. The van der Waals surface area contributed by atoms with Crippen molar-refractivity contribution in [3.8, 4) is 5.75 Å². The Morgan fingerprint density at radius 1 is 0.970 bits per heavy atom. The Balaban J connectivity index is 0.785. The first-order valence-electron chi connectivity index (χ1n) is 22.8. The molecule has 5 fully saturated rings. The summed E-state index contributed by atoms with van der Waals surface area (Å²) in [6, 6.07) is 0.623. The molecule has 1 amide bonds. The monoisotopic (exact) mass is 921 g/mol. The molecule has 4 saturated carbocycles. The number of alkyl halides is 1. The van der Waals surface area contributed by atoms with Crippen molar-refractivity contribution in [1.29, 1.82) is 0 Å². The second kappa shape index (κ2) is 17.3. The molecule has 2 aromatic rings. The molecule has 0 spiro atoms. The van der Waals surface area contributed by atoms with Crippen LogP contribution in [-0.2, 0) is 33.4 Å². The van der Waals surface area contributed by atoms with Crippen LogP contribution in [0.5, 0.6) is 5.75 Å². The molecular weight excluding hydrogens is 865 g/mol. The summed E-state index contributed by atoms with van der Waals surface area (Å²) in [7, 11) is 1.36. The van der Waals surface area contributed by atoms with E-state index in [2.05, 4.69) is 0 Å². The van der Waals surface area contributed by atoms with Crippen LogP contribution in [0, 0.1) is 28.5 Å². The van der Waals surface area contributed by atoms with E-state index in [0.717, 1.165) is 18.9 Å². The standard InChI is InChI=1S/C48H57F2N3O13/c1-26-23-51(41-34(49)21-30-40(43(41)64-4)53(28-8-9-28)24-31(42(30)60)44(61)62)17-18-52(26)37(57)6-5-19-65-38(58)11-12-39(59)66-25-36(56)47(63)16-14-32-33-10-7-27-20-29(54)13-15-45(27,2)48(33,50)35(55)22-46(32,47)3/h13,15,20-21,24,26,28,32-33,35,55,63H,5-12,14,16-19,22-23,25H2,1-4H3,(H,61,62)/t26?,32-,33?,35-,45-,46-,47-,48-/m0/s1. The smallest absolute Gasteiger partial charge is 0.341 e. The van der Waals surface area contributed by atoms with Crippen molar-refractivity contribution in [2.45, 2.75) is 121 Å². The number of nitrogens with zero attached hydrogens (tertiary/aromatic N) is 3. The summed E-state index contributed by atoms with van der Waals surface area (Å²) >= 11 is 0. The summed E-state index contributed by atoms with van der Waals surface area (Å²) in [5.41, 5.74) is -6.77. The van der Waals surface area contributed by atoms with E-state index < -0.39 is 93.6 Å². The van der Waals surface area contributed by atoms with Gasteiger partial charge in [0.25, 0.3) is 0 Å². The number of esters is 2. The van der Waals surface area contributed by atoms with Crippen molar-refractivity contribution < 1.29 is 67.1 Å². The Hall–Kier alpha value is -5.49. The number of carboxylic acid groups (broad SMARTS) is 1. The lowest BCUT2D eigenvalue weighted by molar-refractivity contribution is -0.217. The maximum atomic E-state index is 17.4. The number of carbonyl (C=O) groups excluding carboxylic acids is 5. The fourth-order valence-electron chi connectivity index (χ4n) is 12.1. The van der Waals surface area contributed by atoms with Crippen LogP contribution in [0.1, 0.15) is 108 Å². The quantitative estimate of drug-likeness (QED) is 0.175.